The molecule has 3 N–H and O–H groups in total. The highest BCUT2D eigenvalue weighted by atomic mass is 16.4. The van der Waals surface area contributed by atoms with Gasteiger partial charge in [-0.05, 0) is 5.41 Å². The van der Waals surface area contributed by atoms with Gasteiger partial charge < -0.3 is 15.7 Å². The number of rotatable bonds is 3. The summed E-state index contributed by atoms with van der Waals surface area (Å²) in [6, 6.07) is -0.515. The third-order valence-electron chi connectivity index (χ3n) is 2.93. The maximum Gasteiger partial charge on any atom is 0.303 e. The van der Waals surface area contributed by atoms with Crippen LogP contribution in [0.5, 0.6) is 0 Å². The molecule has 92 valence electrons. The third kappa shape index (κ3) is 2.95. The molecule has 0 aromatic rings. The Bertz CT molecular complexity index is 290. The summed E-state index contributed by atoms with van der Waals surface area (Å²) in [4.78, 5) is 23.9. The molecule has 0 aromatic heterocycles. The molecule has 1 fully saturated rings. The first-order valence-electron chi connectivity index (χ1n) is 5.48. The minimum Gasteiger partial charge on any atom is -0.481 e. The summed E-state index contributed by atoms with van der Waals surface area (Å²) in [7, 11) is 0. The lowest BCUT2D eigenvalue weighted by molar-refractivity contribution is -0.147. The molecule has 0 aromatic carbocycles. The number of carboxylic acids is 1. The molecule has 0 saturated carbocycles. The number of likely N-dealkylation sites (tertiary alicyclic amines) is 1. The van der Waals surface area contributed by atoms with E-state index in [4.69, 9.17) is 10.8 Å². The number of nitrogens with two attached hydrogens (primary N) is 1. The second-order valence-electron chi connectivity index (χ2n) is 5.55. The Kier molecular flexibility index (Phi) is 3.57. The number of amides is 1. The van der Waals surface area contributed by atoms with Crippen LogP contribution < -0.4 is 5.73 Å². The zero-order valence-corrected chi connectivity index (χ0v) is 10.1. The van der Waals surface area contributed by atoms with Gasteiger partial charge in [0.2, 0.25) is 5.91 Å². The van der Waals surface area contributed by atoms with Crippen molar-refractivity contribution in [3.05, 3.63) is 0 Å². The predicted molar refractivity (Wildman–Crippen MR) is 59.8 cm³/mol. The standard InChI is InChI=1S/C11H20N2O3/c1-11(2,3)9(12)10(16)13-5-7(6-13)4-8(14)15/h7,9H,4-6,12H2,1-3H3,(H,14,15)/t9-/m1/s1. The average molecular weight is 228 g/mol. The van der Waals surface area contributed by atoms with Crippen LogP contribution in [0, 0.1) is 11.3 Å². The van der Waals surface area contributed by atoms with Crippen LogP contribution in [0.25, 0.3) is 0 Å². The molecule has 1 aliphatic heterocycles. The molecule has 16 heavy (non-hydrogen) atoms. The van der Waals surface area contributed by atoms with Gasteiger partial charge in [-0.25, -0.2) is 0 Å². The summed E-state index contributed by atoms with van der Waals surface area (Å²) in [5, 5.41) is 8.58. The maximum atomic E-state index is 11.9. The van der Waals surface area contributed by atoms with E-state index in [0.29, 0.717) is 13.1 Å². The molecule has 0 bridgehead atoms. The molecule has 5 heteroatoms. The Hall–Kier alpha value is -1.10. The smallest absolute Gasteiger partial charge is 0.303 e. The van der Waals surface area contributed by atoms with Gasteiger partial charge in [-0.3, -0.25) is 9.59 Å². The molecule has 1 saturated heterocycles. The van der Waals surface area contributed by atoms with Gasteiger partial charge in [0.25, 0.3) is 0 Å². The van der Waals surface area contributed by atoms with Crippen molar-refractivity contribution < 1.29 is 14.7 Å². The fourth-order valence-corrected chi connectivity index (χ4v) is 1.69. The van der Waals surface area contributed by atoms with Crippen molar-refractivity contribution in [3.63, 3.8) is 0 Å². The molecule has 0 radical (unpaired) electrons. The first-order chi connectivity index (χ1) is 7.21. The second kappa shape index (κ2) is 4.41. The van der Waals surface area contributed by atoms with Crippen molar-refractivity contribution in [1.29, 1.82) is 0 Å². The second-order valence-corrected chi connectivity index (χ2v) is 5.55. The Morgan fingerprint density at radius 2 is 1.94 bits per heavy atom. The van der Waals surface area contributed by atoms with Crippen molar-refractivity contribution in [2.75, 3.05) is 13.1 Å². The van der Waals surface area contributed by atoms with Crippen LogP contribution in [-0.4, -0.2) is 41.0 Å². The normalized spacial score (nSPS) is 19.1. The molecule has 1 atom stereocenters. The monoisotopic (exact) mass is 228 g/mol. The van der Waals surface area contributed by atoms with Crippen LogP contribution >= 0.6 is 0 Å². The van der Waals surface area contributed by atoms with Crippen LogP contribution in [0.15, 0.2) is 0 Å². The minimum atomic E-state index is -0.808. The van der Waals surface area contributed by atoms with E-state index >= 15 is 0 Å². The van der Waals surface area contributed by atoms with Gasteiger partial charge >= 0.3 is 5.97 Å². The summed E-state index contributed by atoms with van der Waals surface area (Å²) >= 11 is 0. The van der Waals surface area contributed by atoms with Crippen LogP contribution in [-0.2, 0) is 9.59 Å². The van der Waals surface area contributed by atoms with Crippen molar-refractivity contribution in [3.8, 4) is 0 Å². The van der Waals surface area contributed by atoms with Crippen molar-refractivity contribution in [2.45, 2.75) is 33.2 Å². The van der Waals surface area contributed by atoms with E-state index in [1.807, 2.05) is 20.8 Å². The van der Waals surface area contributed by atoms with E-state index < -0.39 is 12.0 Å². The van der Waals surface area contributed by atoms with E-state index in [1.54, 1.807) is 4.90 Å². The zero-order chi connectivity index (χ0) is 12.5. The largest absolute Gasteiger partial charge is 0.481 e. The molecule has 0 aliphatic carbocycles. The fraction of sp³-hybridized carbons (Fsp3) is 0.818. The van der Waals surface area contributed by atoms with Crippen molar-refractivity contribution >= 4 is 11.9 Å². The highest BCUT2D eigenvalue weighted by Crippen LogP contribution is 2.24. The van der Waals surface area contributed by atoms with Crippen LogP contribution in [0.2, 0.25) is 0 Å². The number of hydrogen-bond acceptors (Lipinski definition) is 3. The van der Waals surface area contributed by atoms with Gasteiger partial charge in [0.05, 0.1) is 12.5 Å². The van der Waals surface area contributed by atoms with Gasteiger partial charge in [0, 0.05) is 19.0 Å². The number of nitrogens with zero attached hydrogens (tertiary/aromatic N) is 1. The summed E-state index contributed by atoms with van der Waals surface area (Å²) in [5.41, 5.74) is 5.59. The molecule has 1 aliphatic rings. The first kappa shape index (κ1) is 13.0. The van der Waals surface area contributed by atoms with Gasteiger partial charge in [-0.2, -0.15) is 0 Å². The van der Waals surface area contributed by atoms with Crippen LogP contribution in [0.1, 0.15) is 27.2 Å². The number of carbonyl (C=O) groups excluding carboxylic acids is 1. The summed E-state index contributed by atoms with van der Waals surface area (Å²) in [5.74, 6) is -0.792. The highest BCUT2D eigenvalue weighted by molar-refractivity contribution is 5.83. The fourth-order valence-electron chi connectivity index (χ4n) is 1.69. The predicted octanol–water partition coefficient (Wildman–Crippen LogP) is 0.293. The van der Waals surface area contributed by atoms with E-state index in [1.165, 1.54) is 0 Å². The molecular formula is C11H20N2O3. The van der Waals surface area contributed by atoms with Crippen molar-refractivity contribution in [2.24, 2.45) is 17.1 Å². The van der Waals surface area contributed by atoms with Crippen molar-refractivity contribution in [1.82, 2.24) is 4.90 Å². The SMILES string of the molecule is CC(C)(C)[C@H](N)C(=O)N1CC(CC(=O)O)C1. The van der Waals surface area contributed by atoms with Gasteiger partial charge in [-0.15, -0.1) is 0 Å². The van der Waals surface area contributed by atoms with E-state index in [2.05, 4.69) is 0 Å². The zero-order valence-electron chi connectivity index (χ0n) is 10.1. The van der Waals surface area contributed by atoms with Gasteiger partial charge in [0.1, 0.15) is 0 Å². The lowest BCUT2D eigenvalue weighted by Crippen LogP contribution is -2.58. The Balaban J connectivity index is 2.40. The van der Waals surface area contributed by atoms with Gasteiger partial charge in [0.15, 0.2) is 0 Å². The number of hydrogen-bond donors (Lipinski definition) is 2. The third-order valence-corrected chi connectivity index (χ3v) is 2.93. The molecule has 5 nitrogen and oxygen atoms in total. The van der Waals surface area contributed by atoms with E-state index in [9.17, 15) is 9.59 Å². The molecule has 1 heterocycles. The van der Waals surface area contributed by atoms with Crippen LogP contribution in [0.3, 0.4) is 0 Å². The topological polar surface area (TPSA) is 83.6 Å². The lowest BCUT2D eigenvalue weighted by Gasteiger charge is -2.42. The molecule has 1 rings (SSSR count). The number of carboxylic acid groups (broad SMARTS) is 1. The summed E-state index contributed by atoms with van der Waals surface area (Å²) in [6.45, 7) is 6.81. The number of carbonyl (C=O) groups is 2. The molecular weight excluding hydrogens is 208 g/mol. The van der Waals surface area contributed by atoms with E-state index in [0.717, 1.165) is 0 Å². The Labute approximate surface area is 95.6 Å². The summed E-state index contributed by atoms with van der Waals surface area (Å²) in [6.07, 6.45) is 0.133. The Morgan fingerprint density at radius 1 is 1.44 bits per heavy atom. The quantitative estimate of drug-likeness (QED) is 0.727. The number of aliphatic carboxylic acids is 1. The van der Waals surface area contributed by atoms with Gasteiger partial charge in [-0.1, -0.05) is 20.8 Å². The lowest BCUT2D eigenvalue weighted by atomic mass is 9.85. The van der Waals surface area contributed by atoms with E-state index in [-0.39, 0.29) is 23.7 Å². The minimum absolute atomic E-state index is 0.0749. The first-order valence-corrected chi connectivity index (χ1v) is 5.48. The molecule has 1 amide bonds. The summed E-state index contributed by atoms with van der Waals surface area (Å²) < 4.78 is 0. The highest BCUT2D eigenvalue weighted by Gasteiger charge is 2.37. The Morgan fingerprint density at radius 3 is 2.31 bits per heavy atom. The maximum absolute atomic E-state index is 11.9. The average Bonchev–Trinajstić information content (AvgIpc) is 2.06. The molecule has 0 unspecified atom stereocenters. The molecule has 0 spiro atoms. The van der Waals surface area contributed by atoms with Crippen LogP contribution in [0.4, 0.5) is 0 Å².